The minimum atomic E-state index is -0.555. The van der Waals surface area contributed by atoms with Crippen LogP contribution in [0.1, 0.15) is 18.4 Å². The zero-order chi connectivity index (χ0) is 15.2. The first kappa shape index (κ1) is 13.4. The Morgan fingerprint density at radius 3 is 2.82 bits per heavy atom. The van der Waals surface area contributed by atoms with Crippen LogP contribution in [0.4, 0.5) is 0 Å². The zero-order valence-corrected chi connectivity index (χ0v) is 12.2. The van der Waals surface area contributed by atoms with E-state index in [0.717, 1.165) is 5.56 Å². The summed E-state index contributed by atoms with van der Waals surface area (Å²) in [5.41, 5.74) is 0.565. The quantitative estimate of drug-likeness (QED) is 0.643. The average Bonchev–Trinajstić information content (AvgIpc) is 3.04. The Hall–Kier alpha value is -2.23. The van der Waals surface area contributed by atoms with Crippen LogP contribution in [0.25, 0.3) is 10.8 Å². The normalized spacial score (nSPS) is 30.3. The number of hydrogen-bond donors (Lipinski definition) is 0. The fourth-order valence-electron chi connectivity index (χ4n) is 4.10. The summed E-state index contributed by atoms with van der Waals surface area (Å²) < 4.78 is 5.29. The summed E-state index contributed by atoms with van der Waals surface area (Å²) in [5.74, 6) is -0.0361. The van der Waals surface area contributed by atoms with Gasteiger partial charge in [-0.3, -0.25) is 4.79 Å². The predicted octanol–water partition coefficient (Wildman–Crippen LogP) is 3.47. The van der Waals surface area contributed by atoms with Crippen LogP contribution in [-0.4, -0.2) is 18.6 Å². The molecule has 3 atom stereocenters. The molecule has 2 aromatic rings. The van der Waals surface area contributed by atoms with Crippen LogP contribution in [0.2, 0.25) is 0 Å². The van der Waals surface area contributed by atoms with E-state index in [2.05, 4.69) is 35.5 Å². The molecule has 0 radical (unpaired) electrons. The summed E-state index contributed by atoms with van der Waals surface area (Å²) in [4.78, 5) is 23.3. The molecule has 1 heterocycles. The van der Waals surface area contributed by atoms with E-state index in [1.807, 2.05) is 12.1 Å². The summed E-state index contributed by atoms with van der Waals surface area (Å²) >= 11 is 0. The molecule has 1 aliphatic carbocycles. The van der Waals surface area contributed by atoms with Crippen LogP contribution in [0.5, 0.6) is 0 Å². The van der Waals surface area contributed by atoms with Gasteiger partial charge in [-0.05, 0) is 35.6 Å². The Morgan fingerprint density at radius 2 is 2.00 bits per heavy atom. The van der Waals surface area contributed by atoms with Gasteiger partial charge < -0.3 is 4.74 Å². The largest absolute Gasteiger partial charge is 0.465 e. The van der Waals surface area contributed by atoms with E-state index in [4.69, 9.17) is 4.74 Å². The molecular formula is C18H17NO3. The van der Waals surface area contributed by atoms with E-state index in [0.29, 0.717) is 25.9 Å². The first-order chi connectivity index (χ1) is 10.7. The van der Waals surface area contributed by atoms with Gasteiger partial charge in [0.1, 0.15) is 0 Å². The monoisotopic (exact) mass is 295 g/mol. The molecule has 112 valence electrons. The molecule has 0 aromatic heterocycles. The summed E-state index contributed by atoms with van der Waals surface area (Å²) in [6.45, 7) is 0.429. The predicted molar refractivity (Wildman–Crippen MR) is 83.4 cm³/mol. The smallest absolute Gasteiger partial charge is 0.312 e. The van der Waals surface area contributed by atoms with Gasteiger partial charge in [-0.15, -0.1) is 0 Å². The van der Waals surface area contributed by atoms with Gasteiger partial charge in [0.15, 0.2) is 0 Å². The molecule has 0 bridgehead atoms. The van der Waals surface area contributed by atoms with Crippen molar-refractivity contribution in [3.8, 4) is 0 Å². The first-order valence-electron chi connectivity index (χ1n) is 7.69. The van der Waals surface area contributed by atoms with Gasteiger partial charge in [-0.25, -0.2) is 0 Å². The molecule has 2 fully saturated rings. The lowest BCUT2D eigenvalue weighted by Gasteiger charge is -2.24. The molecule has 4 rings (SSSR count). The topological polar surface area (TPSA) is 55.7 Å². The number of ether oxygens (including phenoxy) is 1. The minimum Gasteiger partial charge on any atom is -0.465 e. The molecule has 1 saturated carbocycles. The molecule has 4 heteroatoms. The molecule has 3 unspecified atom stereocenters. The highest BCUT2D eigenvalue weighted by molar-refractivity contribution is 5.84. The Labute approximate surface area is 128 Å². The first-order valence-corrected chi connectivity index (χ1v) is 7.69. The van der Waals surface area contributed by atoms with Crippen LogP contribution < -0.4 is 0 Å². The van der Waals surface area contributed by atoms with Crippen LogP contribution in [-0.2, 0) is 16.0 Å². The van der Waals surface area contributed by atoms with E-state index < -0.39 is 5.41 Å². The average molecular weight is 295 g/mol. The number of nitroso groups, excluding NO2 is 1. The van der Waals surface area contributed by atoms with Crippen molar-refractivity contribution in [3.63, 3.8) is 0 Å². The van der Waals surface area contributed by atoms with Crippen LogP contribution >= 0.6 is 0 Å². The number of rotatable bonds is 3. The second kappa shape index (κ2) is 4.90. The molecule has 0 N–H and O–H groups in total. The van der Waals surface area contributed by atoms with Crippen molar-refractivity contribution in [2.45, 2.75) is 25.3 Å². The molecule has 4 nitrogen and oxygen atoms in total. The van der Waals surface area contributed by atoms with E-state index in [1.54, 1.807) is 0 Å². The molecule has 1 saturated heterocycles. The molecule has 0 amide bonds. The molecule has 22 heavy (non-hydrogen) atoms. The number of benzene rings is 2. The number of carbonyl (C=O) groups excluding carboxylic acids is 1. The van der Waals surface area contributed by atoms with Crippen molar-refractivity contribution < 1.29 is 9.53 Å². The molecular weight excluding hydrogens is 278 g/mol. The molecule has 2 aliphatic rings. The minimum absolute atomic E-state index is 0.120. The second-order valence-electron chi connectivity index (χ2n) is 6.51. The Morgan fingerprint density at radius 1 is 1.18 bits per heavy atom. The van der Waals surface area contributed by atoms with Gasteiger partial charge in [0.05, 0.1) is 18.1 Å². The zero-order valence-electron chi connectivity index (χ0n) is 12.2. The van der Waals surface area contributed by atoms with E-state index >= 15 is 0 Å². The summed E-state index contributed by atoms with van der Waals surface area (Å²) in [7, 11) is 0. The Bertz CT molecular complexity index is 757. The lowest BCUT2D eigenvalue weighted by molar-refractivity contribution is -0.146. The maximum Gasteiger partial charge on any atom is 0.312 e. The van der Waals surface area contributed by atoms with Crippen molar-refractivity contribution >= 4 is 16.7 Å². The molecule has 2 aromatic carbocycles. The lowest BCUT2D eigenvalue weighted by Crippen LogP contribution is -2.32. The van der Waals surface area contributed by atoms with Crippen molar-refractivity contribution in [1.82, 2.24) is 0 Å². The third kappa shape index (κ3) is 1.94. The van der Waals surface area contributed by atoms with Gasteiger partial charge in [0.2, 0.25) is 0 Å². The van der Waals surface area contributed by atoms with Crippen LogP contribution in [0, 0.1) is 16.2 Å². The van der Waals surface area contributed by atoms with Crippen molar-refractivity contribution in [2.24, 2.45) is 16.5 Å². The number of nitrogens with zero attached hydrogens (tertiary/aromatic N) is 1. The fourth-order valence-corrected chi connectivity index (χ4v) is 4.10. The third-order valence-electron chi connectivity index (χ3n) is 5.24. The summed E-state index contributed by atoms with van der Waals surface area (Å²) in [6, 6.07) is 14.2. The van der Waals surface area contributed by atoms with Crippen molar-refractivity contribution in [3.05, 3.63) is 52.9 Å². The highest BCUT2D eigenvalue weighted by atomic mass is 16.5. The van der Waals surface area contributed by atoms with Gasteiger partial charge in [-0.2, -0.15) is 4.91 Å². The number of esters is 1. The Kier molecular flexibility index (Phi) is 2.99. The summed E-state index contributed by atoms with van der Waals surface area (Å²) in [6.07, 6.45) is 1.82. The van der Waals surface area contributed by atoms with Crippen LogP contribution in [0.15, 0.2) is 47.6 Å². The van der Waals surface area contributed by atoms with Crippen LogP contribution in [0.3, 0.4) is 0 Å². The second-order valence-corrected chi connectivity index (χ2v) is 6.51. The van der Waals surface area contributed by atoms with E-state index in [9.17, 15) is 9.70 Å². The van der Waals surface area contributed by atoms with E-state index in [-0.39, 0.29) is 17.9 Å². The summed E-state index contributed by atoms with van der Waals surface area (Å²) in [5, 5.41) is 5.54. The van der Waals surface area contributed by atoms with Gasteiger partial charge in [-0.1, -0.05) is 47.6 Å². The number of cyclic esters (lactones) is 1. The molecule has 1 aliphatic heterocycles. The van der Waals surface area contributed by atoms with Crippen molar-refractivity contribution in [2.75, 3.05) is 6.61 Å². The van der Waals surface area contributed by atoms with Crippen molar-refractivity contribution in [1.29, 1.82) is 0 Å². The highest BCUT2D eigenvalue weighted by Gasteiger charge is 2.58. The van der Waals surface area contributed by atoms with E-state index in [1.165, 1.54) is 10.8 Å². The van der Waals surface area contributed by atoms with Gasteiger partial charge in [0, 0.05) is 5.92 Å². The number of fused-ring (bicyclic) bond motifs is 2. The lowest BCUT2D eigenvalue weighted by atomic mass is 9.75. The standard InChI is InChI=1S/C18H17NO3/c20-17-18(10-16(19-21)8-15(18)11-22-17)9-12-5-6-13-3-1-2-4-14(13)7-12/h1-7,15-16H,8-11H2. The fraction of sp³-hybridized carbons (Fsp3) is 0.389. The third-order valence-corrected chi connectivity index (χ3v) is 5.24. The van der Waals surface area contributed by atoms with Gasteiger partial charge in [0.25, 0.3) is 0 Å². The maximum atomic E-state index is 12.3. The molecule has 0 spiro atoms. The Balaban J connectivity index is 1.70. The maximum absolute atomic E-state index is 12.3. The van der Waals surface area contributed by atoms with Gasteiger partial charge >= 0.3 is 5.97 Å². The SMILES string of the molecule is O=NC1CC2COC(=O)C2(Cc2ccc3ccccc3c2)C1. The number of carbonyl (C=O) groups is 1. The highest BCUT2D eigenvalue weighted by Crippen LogP contribution is 2.51. The number of hydrogen-bond acceptors (Lipinski definition) is 4.